The molecule has 234 valence electrons. The van der Waals surface area contributed by atoms with E-state index < -0.39 is 51.1 Å². The number of rotatable bonds is 7. The molecular weight excluding hydrogens is 612 g/mol. The van der Waals surface area contributed by atoms with Crippen LogP contribution in [0.2, 0.25) is 0 Å². The van der Waals surface area contributed by atoms with E-state index in [-0.39, 0.29) is 34.8 Å². The predicted molar refractivity (Wildman–Crippen MR) is 164 cm³/mol. The van der Waals surface area contributed by atoms with Crippen molar-refractivity contribution in [1.29, 1.82) is 5.26 Å². The topological polar surface area (TPSA) is 156 Å². The lowest BCUT2D eigenvalue weighted by atomic mass is 9.69. The second kappa shape index (κ2) is 11.5. The van der Waals surface area contributed by atoms with Crippen molar-refractivity contribution in [2.45, 2.75) is 35.4 Å². The van der Waals surface area contributed by atoms with Gasteiger partial charge in [-0.05, 0) is 47.9 Å². The van der Waals surface area contributed by atoms with Crippen molar-refractivity contribution in [1.82, 2.24) is 4.31 Å². The number of benzene rings is 3. The van der Waals surface area contributed by atoms with Crippen LogP contribution in [0.25, 0.3) is 0 Å². The van der Waals surface area contributed by atoms with Crippen molar-refractivity contribution in [2.24, 2.45) is 4.99 Å². The summed E-state index contributed by atoms with van der Waals surface area (Å²) in [7, 11) is -1.13. The van der Waals surface area contributed by atoms with Gasteiger partial charge in [0, 0.05) is 12.2 Å². The summed E-state index contributed by atoms with van der Waals surface area (Å²) in [5, 5.41) is 9.28. The average molecular weight is 641 g/mol. The first kappa shape index (κ1) is 30.5. The van der Waals surface area contributed by atoms with Gasteiger partial charge < -0.3 is 19.1 Å². The fraction of sp³-hybridized carbons (Fsp3) is 0.242. The van der Waals surface area contributed by atoms with Crippen molar-refractivity contribution < 1.29 is 37.0 Å². The van der Waals surface area contributed by atoms with Crippen LogP contribution in [-0.2, 0) is 50.6 Å². The van der Waals surface area contributed by atoms with Crippen molar-refractivity contribution in [2.75, 3.05) is 26.2 Å². The zero-order valence-corrected chi connectivity index (χ0v) is 25.9. The van der Waals surface area contributed by atoms with Crippen LogP contribution in [-0.4, -0.2) is 69.9 Å². The lowest BCUT2D eigenvalue weighted by molar-refractivity contribution is -0.144. The first-order chi connectivity index (χ1) is 22.1. The van der Waals surface area contributed by atoms with E-state index in [9.17, 15) is 28.1 Å². The zero-order chi connectivity index (χ0) is 32.8. The number of nitrogens with zero attached hydrogens (tertiary/aromatic N) is 4. The number of nitriles is 1. The maximum atomic E-state index is 14.5. The van der Waals surface area contributed by atoms with Gasteiger partial charge in [-0.3, -0.25) is 0 Å². The van der Waals surface area contributed by atoms with Gasteiger partial charge in [0.15, 0.2) is 5.70 Å². The maximum absolute atomic E-state index is 14.5. The van der Waals surface area contributed by atoms with Crippen LogP contribution < -0.4 is 4.90 Å². The third kappa shape index (κ3) is 4.44. The van der Waals surface area contributed by atoms with E-state index in [1.807, 2.05) is 53.4 Å². The lowest BCUT2D eigenvalue weighted by Gasteiger charge is -2.40. The Kier molecular flexibility index (Phi) is 7.61. The molecule has 3 aliphatic rings. The Bertz CT molecular complexity index is 1970. The van der Waals surface area contributed by atoms with Crippen LogP contribution >= 0.6 is 0 Å². The second-order valence-corrected chi connectivity index (χ2v) is 12.7. The molecule has 3 aliphatic heterocycles. The van der Waals surface area contributed by atoms with E-state index in [1.54, 1.807) is 12.1 Å². The molecule has 46 heavy (non-hydrogen) atoms. The van der Waals surface area contributed by atoms with Crippen LogP contribution in [0.5, 0.6) is 0 Å². The number of hydrogen-bond donors (Lipinski definition) is 0. The quantitative estimate of drug-likeness (QED) is 0.278. The van der Waals surface area contributed by atoms with Gasteiger partial charge in [-0.2, -0.15) is 5.26 Å². The van der Waals surface area contributed by atoms with Crippen LogP contribution in [0, 0.1) is 11.3 Å². The molecule has 0 aromatic heterocycles. The third-order valence-corrected chi connectivity index (χ3v) is 10.4. The number of fused-ring (bicyclic) bond motifs is 1. The van der Waals surface area contributed by atoms with Crippen LogP contribution in [0.3, 0.4) is 0 Å². The fourth-order valence-corrected chi connectivity index (χ4v) is 8.36. The largest absolute Gasteiger partial charge is 0.467 e. The summed E-state index contributed by atoms with van der Waals surface area (Å²) >= 11 is 0. The Balaban J connectivity index is 1.69. The molecule has 0 amide bonds. The van der Waals surface area contributed by atoms with Gasteiger partial charge in [0.1, 0.15) is 11.9 Å². The number of amidine groups is 1. The van der Waals surface area contributed by atoms with E-state index >= 15 is 0 Å². The monoisotopic (exact) mass is 640 g/mol. The molecule has 0 N–H and O–H groups in total. The highest BCUT2D eigenvalue weighted by atomic mass is 32.2. The Labute approximate surface area is 265 Å². The number of anilines is 1. The fourth-order valence-electron chi connectivity index (χ4n) is 6.73. The summed E-state index contributed by atoms with van der Waals surface area (Å²) in [5.74, 6) is -2.86. The lowest BCUT2D eigenvalue weighted by Crippen LogP contribution is -2.55. The minimum absolute atomic E-state index is 0.133. The molecule has 0 unspecified atom stereocenters. The summed E-state index contributed by atoms with van der Waals surface area (Å²) in [6.45, 7) is 0.248. The molecule has 0 aliphatic carbocycles. The third-order valence-electron chi connectivity index (χ3n) is 8.62. The van der Waals surface area contributed by atoms with Gasteiger partial charge in [-0.1, -0.05) is 48.5 Å². The molecule has 12 nitrogen and oxygen atoms in total. The number of methoxy groups -OCH3 is 3. The van der Waals surface area contributed by atoms with E-state index in [0.29, 0.717) is 11.3 Å². The predicted octanol–water partition coefficient (Wildman–Crippen LogP) is 2.83. The minimum Gasteiger partial charge on any atom is -0.467 e. The van der Waals surface area contributed by atoms with Crippen molar-refractivity contribution in [3.8, 4) is 6.07 Å². The summed E-state index contributed by atoms with van der Waals surface area (Å²) < 4.78 is 45.3. The highest BCUT2D eigenvalue weighted by molar-refractivity contribution is 7.89. The molecule has 1 spiro atoms. The Morgan fingerprint density at radius 3 is 2.20 bits per heavy atom. The summed E-state index contributed by atoms with van der Waals surface area (Å²) in [6.07, 6.45) is -0.171. The summed E-state index contributed by atoms with van der Waals surface area (Å²) in [4.78, 5) is 46.9. The van der Waals surface area contributed by atoms with Crippen molar-refractivity contribution >= 4 is 39.5 Å². The molecular formula is C33H28N4O8S. The molecule has 0 bridgehead atoms. The number of para-hydroxylation sites is 1. The van der Waals surface area contributed by atoms with Gasteiger partial charge >= 0.3 is 17.9 Å². The number of aliphatic imine (C=N–C) groups is 1. The van der Waals surface area contributed by atoms with Crippen LogP contribution in [0.15, 0.2) is 100 Å². The number of ether oxygens (including phenoxy) is 3. The molecule has 0 radical (unpaired) electrons. The number of sulfonamides is 1. The Morgan fingerprint density at radius 2 is 1.57 bits per heavy atom. The highest BCUT2D eigenvalue weighted by Crippen LogP contribution is 2.58. The molecule has 3 atom stereocenters. The highest BCUT2D eigenvalue weighted by Gasteiger charge is 2.68. The SMILES string of the molecule is COC(=O)C1=C(C(=O)OC)[C@@H]2N(Cc3ccccc3)c3ccccc3[C@@]23C[C@@H](C(=O)OC)N(S(=O)(=O)c2ccc(C#N)cc2)C3=N1. The molecule has 13 heteroatoms. The molecule has 3 aromatic rings. The first-order valence-electron chi connectivity index (χ1n) is 14.2. The number of esters is 3. The number of carbonyl (C=O) groups is 3. The molecule has 1 fully saturated rings. The van der Waals surface area contributed by atoms with E-state index in [1.165, 1.54) is 31.4 Å². The standard InChI is InChI=1S/C33H28N4O8S/c1-43-29(38)25-17-33-23-11-7-8-12-24(23)36(19-21-9-5-4-6-10-21)28(33)26(30(39)44-2)27(31(40)45-3)35-32(33)37(25)46(41,42)22-15-13-20(18-34)14-16-22/h4-16,25,28H,17,19H2,1-3H3/t25-,28-,33-/m0/s1. The number of hydrogen-bond acceptors (Lipinski definition) is 11. The molecule has 3 heterocycles. The first-order valence-corrected chi connectivity index (χ1v) is 15.6. The Hall–Kier alpha value is -5.48. The average Bonchev–Trinajstić information content (AvgIpc) is 3.59. The normalized spacial score (nSPS) is 21.4. The summed E-state index contributed by atoms with van der Waals surface area (Å²) in [5.41, 5.74) is 0.338. The number of carbonyl (C=O) groups excluding carboxylic acids is 3. The van der Waals surface area contributed by atoms with E-state index in [2.05, 4.69) is 4.99 Å². The van der Waals surface area contributed by atoms with Crippen molar-refractivity contribution in [3.05, 3.63) is 107 Å². The van der Waals surface area contributed by atoms with Crippen molar-refractivity contribution in [3.63, 3.8) is 0 Å². The van der Waals surface area contributed by atoms with Gasteiger partial charge in [0.25, 0.3) is 10.0 Å². The summed E-state index contributed by atoms with van der Waals surface area (Å²) in [6, 6.07) is 21.3. The second-order valence-electron chi connectivity index (χ2n) is 10.9. The molecule has 3 aromatic carbocycles. The zero-order valence-electron chi connectivity index (χ0n) is 25.0. The smallest absolute Gasteiger partial charge is 0.357 e. The van der Waals surface area contributed by atoms with Gasteiger partial charge in [0.05, 0.1) is 54.9 Å². The van der Waals surface area contributed by atoms with Crippen LogP contribution in [0.1, 0.15) is 23.1 Å². The van der Waals surface area contributed by atoms with Gasteiger partial charge in [-0.25, -0.2) is 32.1 Å². The molecule has 1 saturated heterocycles. The molecule has 6 rings (SSSR count). The maximum Gasteiger partial charge on any atom is 0.357 e. The minimum atomic E-state index is -4.58. The Morgan fingerprint density at radius 1 is 0.913 bits per heavy atom. The van der Waals surface area contributed by atoms with E-state index in [0.717, 1.165) is 24.1 Å². The van der Waals surface area contributed by atoms with Gasteiger partial charge in [0.2, 0.25) is 0 Å². The van der Waals surface area contributed by atoms with Gasteiger partial charge in [-0.15, -0.1) is 0 Å². The molecule has 0 saturated carbocycles. The van der Waals surface area contributed by atoms with Crippen LogP contribution in [0.4, 0.5) is 5.69 Å². The van der Waals surface area contributed by atoms with E-state index in [4.69, 9.17) is 14.2 Å².